The van der Waals surface area contributed by atoms with E-state index < -0.39 is 0 Å². The van der Waals surface area contributed by atoms with E-state index in [1.165, 1.54) is 4.90 Å². The summed E-state index contributed by atoms with van der Waals surface area (Å²) in [5, 5.41) is 13.6. The van der Waals surface area contributed by atoms with Crippen molar-refractivity contribution in [1.82, 2.24) is 30.3 Å². The smallest absolute Gasteiger partial charge is 0.318 e. The number of urea groups is 1. The SMILES string of the molecule is CCCCNC(=O)CN(C)C(=O)NC(C)c1nncn1C(C)C. The number of carbonyl (C=O) groups is 2. The standard InChI is InChI=1S/C15H28N6O2/c1-6-7-8-16-13(22)9-20(5)15(23)18-12(4)14-19-17-10-21(14)11(2)3/h10-12H,6-9H2,1-5H3,(H,16,22)(H,18,23). The first-order valence-electron chi connectivity index (χ1n) is 8.04. The number of unbranched alkanes of at least 4 members (excludes halogenated alkanes) is 1. The van der Waals surface area contributed by atoms with Gasteiger partial charge in [0.05, 0.1) is 6.04 Å². The zero-order valence-electron chi connectivity index (χ0n) is 14.7. The summed E-state index contributed by atoms with van der Waals surface area (Å²) in [5.41, 5.74) is 0. The van der Waals surface area contributed by atoms with E-state index in [1.54, 1.807) is 13.4 Å². The predicted molar refractivity (Wildman–Crippen MR) is 87.9 cm³/mol. The van der Waals surface area contributed by atoms with Gasteiger partial charge in [-0.25, -0.2) is 4.79 Å². The van der Waals surface area contributed by atoms with Crippen molar-refractivity contribution in [3.63, 3.8) is 0 Å². The summed E-state index contributed by atoms with van der Waals surface area (Å²) < 4.78 is 1.91. The van der Waals surface area contributed by atoms with Gasteiger partial charge in [-0.2, -0.15) is 0 Å². The molecule has 0 radical (unpaired) electrons. The molecular weight excluding hydrogens is 296 g/mol. The lowest BCUT2D eigenvalue weighted by Crippen LogP contribution is -2.44. The van der Waals surface area contributed by atoms with Gasteiger partial charge in [0.1, 0.15) is 12.9 Å². The molecule has 3 amide bonds. The third kappa shape index (κ3) is 5.88. The number of likely N-dealkylation sites (N-methyl/N-ethyl adjacent to an activating group) is 1. The van der Waals surface area contributed by atoms with Crippen molar-refractivity contribution in [2.45, 2.75) is 52.6 Å². The van der Waals surface area contributed by atoms with E-state index >= 15 is 0 Å². The first-order chi connectivity index (χ1) is 10.9. The van der Waals surface area contributed by atoms with Crippen LogP contribution in [0.2, 0.25) is 0 Å². The van der Waals surface area contributed by atoms with E-state index in [0.29, 0.717) is 12.4 Å². The minimum atomic E-state index is -0.318. The van der Waals surface area contributed by atoms with Crippen LogP contribution < -0.4 is 10.6 Å². The van der Waals surface area contributed by atoms with E-state index in [-0.39, 0.29) is 30.6 Å². The summed E-state index contributed by atoms with van der Waals surface area (Å²) in [7, 11) is 1.59. The lowest BCUT2D eigenvalue weighted by Gasteiger charge is -2.21. The Balaban J connectivity index is 2.51. The van der Waals surface area contributed by atoms with Crippen LogP contribution in [0.1, 0.15) is 58.4 Å². The minimum absolute atomic E-state index is 0.0269. The molecule has 0 aliphatic heterocycles. The maximum absolute atomic E-state index is 12.2. The molecular formula is C15H28N6O2. The Bertz CT molecular complexity index is 514. The van der Waals surface area contributed by atoms with Crippen molar-refractivity contribution in [1.29, 1.82) is 0 Å². The second kappa shape index (κ2) is 9.12. The highest BCUT2D eigenvalue weighted by atomic mass is 16.2. The molecule has 0 aromatic carbocycles. The van der Waals surface area contributed by atoms with Crippen LogP contribution in [-0.2, 0) is 4.79 Å². The Morgan fingerprint density at radius 3 is 2.65 bits per heavy atom. The van der Waals surface area contributed by atoms with Gasteiger partial charge in [0, 0.05) is 19.6 Å². The molecule has 0 saturated carbocycles. The van der Waals surface area contributed by atoms with E-state index in [0.717, 1.165) is 12.8 Å². The van der Waals surface area contributed by atoms with Gasteiger partial charge in [-0.05, 0) is 27.2 Å². The van der Waals surface area contributed by atoms with Crippen LogP contribution in [0.4, 0.5) is 4.79 Å². The highest BCUT2D eigenvalue weighted by Gasteiger charge is 2.20. The summed E-state index contributed by atoms with van der Waals surface area (Å²) in [6.07, 6.45) is 3.60. The van der Waals surface area contributed by atoms with Crippen LogP contribution in [-0.4, -0.2) is 51.7 Å². The monoisotopic (exact) mass is 324 g/mol. The molecule has 130 valence electrons. The molecule has 1 heterocycles. The van der Waals surface area contributed by atoms with E-state index in [1.807, 2.05) is 25.3 Å². The molecule has 1 unspecified atom stereocenters. The second-order valence-corrected chi connectivity index (χ2v) is 5.92. The van der Waals surface area contributed by atoms with Crippen LogP contribution in [0.5, 0.6) is 0 Å². The number of nitrogens with one attached hydrogen (secondary N) is 2. The second-order valence-electron chi connectivity index (χ2n) is 5.92. The van der Waals surface area contributed by atoms with Crippen LogP contribution in [0.15, 0.2) is 6.33 Å². The summed E-state index contributed by atoms with van der Waals surface area (Å²) in [6, 6.07) is -0.402. The van der Waals surface area contributed by atoms with Crippen molar-refractivity contribution in [3.05, 3.63) is 12.2 Å². The normalized spacial score (nSPS) is 12.1. The van der Waals surface area contributed by atoms with Gasteiger partial charge in [-0.1, -0.05) is 13.3 Å². The van der Waals surface area contributed by atoms with Crippen molar-refractivity contribution >= 4 is 11.9 Å². The zero-order valence-corrected chi connectivity index (χ0v) is 14.7. The highest BCUT2D eigenvalue weighted by Crippen LogP contribution is 2.14. The van der Waals surface area contributed by atoms with E-state index in [2.05, 4.69) is 27.8 Å². The summed E-state index contributed by atoms with van der Waals surface area (Å²) in [5.74, 6) is 0.531. The molecule has 8 nitrogen and oxygen atoms in total. The first kappa shape index (κ1) is 18.9. The number of carbonyl (C=O) groups excluding carboxylic acids is 2. The van der Waals surface area contributed by atoms with E-state index in [4.69, 9.17) is 0 Å². The molecule has 1 rings (SSSR count). The first-order valence-corrected chi connectivity index (χ1v) is 8.04. The maximum atomic E-state index is 12.2. The van der Waals surface area contributed by atoms with Gasteiger partial charge in [-0.3, -0.25) is 4.79 Å². The molecule has 0 fully saturated rings. The molecule has 1 aromatic rings. The fourth-order valence-electron chi connectivity index (χ4n) is 2.07. The Morgan fingerprint density at radius 1 is 1.35 bits per heavy atom. The number of hydrogen-bond acceptors (Lipinski definition) is 4. The predicted octanol–water partition coefficient (Wildman–Crippen LogP) is 1.48. The lowest BCUT2D eigenvalue weighted by atomic mass is 10.3. The maximum Gasteiger partial charge on any atom is 0.318 e. The van der Waals surface area contributed by atoms with E-state index in [9.17, 15) is 9.59 Å². The average molecular weight is 324 g/mol. The Morgan fingerprint density at radius 2 is 2.04 bits per heavy atom. The lowest BCUT2D eigenvalue weighted by molar-refractivity contribution is -0.121. The Labute approximate surface area is 137 Å². The molecule has 0 spiro atoms. The fraction of sp³-hybridized carbons (Fsp3) is 0.733. The van der Waals surface area contributed by atoms with Crippen LogP contribution >= 0.6 is 0 Å². The molecule has 0 aliphatic carbocycles. The largest absolute Gasteiger partial charge is 0.355 e. The molecule has 2 N–H and O–H groups in total. The summed E-state index contributed by atoms with van der Waals surface area (Å²) >= 11 is 0. The Hall–Kier alpha value is -2.12. The third-order valence-corrected chi connectivity index (χ3v) is 3.46. The number of nitrogens with zero attached hydrogens (tertiary/aromatic N) is 4. The quantitative estimate of drug-likeness (QED) is 0.708. The molecule has 0 bridgehead atoms. The molecule has 8 heteroatoms. The third-order valence-electron chi connectivity index (χ3n) is 3.46. The van der Waals surface area contributed by atoms with Crippen LogP contribution in [0, 0.1) is 0 Å². The van der Waals surface area contributed by atoms with Gasteiger partial charge in [0.2, 0.25) is 5.91 Å². The van der Waals surface area contributed by atoms with Crippen molar-refractivity contribution in [2.24, 2.45) is 0 Å². The van der Waals surface area contributed by atoms with Crippen LogP contribution in [0.25, 0.3) is 0 Å². The van der Waals surface area contributed by atoms with Crippen molar-refractivity contribution in [2.75, 3.05) is 20.1 Å². The van der Waals surface area contributed by atoms with Gasteiger partial charge < -0.3 is 20.1 Å². The number of hydrogen-bond donors (Lipinski definition) is 2. The zero-order chi connectivity index (χ0) is 17.4. The molecule has 1 aromatic heterocycles. The fourth-order valence-corrected chi connectivity index (χ4v) is 2.07. The number of amides is 3. The molecule has 0 saturated heterocycles. The topological polar surface area (TPSA) is 92.2 Å². The number of rotatable bonds is 8. The summed E-state index contributed by atoms with van der Waals surface area (Å²) in [6.45, 7) is 8.61. The molecule has 0 aliphatic rings. The number of aromatic nitrogens is 3. The average Bonchev–Trinajstić information content (AvgIpc) is 2.97. The van der Waals surface area contributed by atoms with Crippen molar-refractivity contribution in [3.8, 4) is 0 Å². The van der Waals surface area contributed by atoms with Gasteiger partial charge >= 0.3 is 6.03 Å². The van der Waals surface area contributed by atoms with Gasteiger partial charge in [-0.15, -0.1) is 10.2 Å². The van der Waals surface area contributed by atoms with Crippen LogP contribution in [0.3, 0.4) is 0 Å². The molecule has 1 atom stereocenters. The summed E-state index contributed by atoms with van der Waals surface area (Å²) in [4.78, 5) is 25.3. The molecule has 23 heavy (non-hydrogen) atoms. The van der Waals surface area contributed by atoms with Gasteiger partial charge in [0.15, 0.2) is 5.82 Å². The minimum Gasteiger partial charge on any atom is -0.355 e. The highest BCUT2D eigenvalue weighted by molar-refractivity contribution is 5.83. The Kier molecular flexibility index (Phi) is 7.50. The van der Waals surface area contributed by atoms with Gasteiger partial charge in [0.25, 0.3) is 0 Å². The van der Waals surface area contributed by atoms with Crippen molar-refractivity contribution < 1.29 is 9.59 Å².